The maximum absolute atomic E-state index is 12.3. The zero-order valence-corrected chi connectivity index (χ0v) is 15.5. The number of carbonyl (C=O) groups excluding carboxylic acids is 2. The number of nitrogens with two attached hydrogens (primary N) is 1. The largest absolute Gasteiger partial charge is 0.372 e. The highest BCUT2D eigenvalue weighted by molar-refractivity contribution is 5.92. The van der Waals surface area contributed by atoms with Crippen molar-refractivity contribution >= 4 is 23.2 Å². The molecule has 2 fully saturated rings. The molecule has 3 rings (SSSR count). The molecule has 2 aliphatic heterocycles. The van der Waals surface area contributed by atoms with Crippen LogP contribution in [-0.2, 0) is 9.59 Å². The van der Waals surface area contributed by atoms with Crippen LogP contribution in [0.2, 0.25) is 0 Å². The van der Waals surface area contributed by atoms with Crippen molar-refractivity contribution in [3.05, 3.63) is 24.3 Å². The predicted octanol–water partition coefficient (Wildman–Crippen LogP) is 2.20. The lowest BCUT2D eigenvalue weighted by atomic mass is 9.97. The van der Waals surface area contributed by atoms with Gasteiger partial charge in [0.2, 0.25) is 11.8 Å². The minimum Gasteiger partial charge on any atom is -0.372 e. The zero-order valence-electron chi connectivity index (χ0n) is 15.5. The first-order valence-corrected chi connectivity index (χ1v) is 9.78. The molecule has 2 saturated heterocycles. The van der Waals surface area contributed by atoms with Crippen LogP contribution in [0.3, 0.4) is 0 Å². The number of nitrogens with one attached hydrogen (secondary N) is 1. The molecular formula is C20H30N4O2. The maximum atomic E-state index is 12.3. The highest BCUT2D eigenvalue weighted by atomic mass is 16.2. The number of hydrogen-bond acceptors (Lipinski definition) is 4. The van der Waals surface area contributed by atoms with Crippen LogP contribution >= 0.6 is 0 Å². The summed E-state index contributed by atoms with van der Waals surface area (Å²) in [5.41, 5.74) is 7.44. The van der Waals surface area contributed by atoms with E-state index in [1.54, 1.807) is 0 Å². The number of amides is 2. The second kappa shape index (κ2) is 9.03. The van der Waals surface area contributed by atoms with Gasteiger partial charge in [0.05, 0.1) is 12.5 Å². The van der Waals surface area contributed by atoms with Crippen molar-refractivity contribution in [3.63, 3.8) is 0 Å². The van der Waals surface area contributed by atoms with Gasteiger partial charge >= 0.3 is 0 Å². The van der Waals surface area contributed by atoms with Crippen molar-refractivity contribution < 1.29 is 9.59 Å². The van der Waals surface area contributed by atoms with Crippen LogP contribution in [0.5, 0.6) is 0 Å². The molecule has 0 unspecified atom stereocenters. The van der Waals surface area contributed by atoms with E-state index in [-0.39, 0.29) is 17.7 Å². The highest BCUT2D eigenvalue weighted by Gasteiger charge is 2.25. The quantitative estimate of drug-likeness (QED) is 0.846. The summed E-state index contributed by atoms with van der Waals surface area (Å²) in [6, 6.07) is 8.12. The molecular weight excluding hydrogens is 328 g/mol. The fraction of sp³-hybridized carbons (Fsp3) is 0.600. The number of nitrogens with zero attached hydrogens (tertiary/aromatic N) is 2. The minimum atomic E-state index is -0.265. The molecule has 142 valence electrons. The Hall–Kier alpha value is -2.08. The first kappa shape index (κ1) is 18.7. The summed E-state index contributed by atoms with van der Waals surface area (Å²) in [6.45, 7) is 3.95. The van der Waals surface area contributed by atoms with E-state index in [0.29, 0.717) is 13.1 Å². The predicted molar refractivity (Wildman–Crippen MR) is 104 cm³/mol. The third-order valence-corrected chi connectivity index (χ3v) is 5.40. The van der Waals surface area contributed by atoms with Crippen LogP contribution in [0.15, 0.2) is 24.3 Å². The normalized spacial score (nSPS) is 21.8. The molecule has 0 saturated carbocycles. The molecule has 6 heteroatoms. The summed E-state index contributed by atoms with van der Waals surface area (Å²) < 4.78 is 0. The van der Waals surface area contributed by atoms with Gasteiger partial charge in [-0.25, -0.2) is 0 Å². The topological polar surface area (TPSA) is 78.7 Å². The van der Waals surface area contributed by atoms with Gasteiger partial charge in [-0.2, -0.15) is 0 Å². The van der Waals surface area contributed by atoms with Crippen molar-refractivity contribution in [1.82, 2.24) is 4.90 Å². The number of carbonyl (C=O) groups is 2. The van der Waals surface area contributed by atoms with Gasteiger partial charge in [0.25, 0.3) is 0 Å². The van der Waals surface area contributed by atoms with Gasteiger partial charge in [-0.3, -0.25) is 14.5 Å². The van der Waals surface area contributed by atoms with Crippen LogP contribution in [0.4, 0.5) is 11.4 Å². The van der Waals surface area contributed by atoms with Crippen molar-refractivity contribution in [2.45, 2.75) is 38.5 Å². The Labute approximate surface area is 155 Å². The molecule has 2 amide bonds. The molecule has 6 nitrogen and oxygen atoms in total. The van der Waals surface area contributed by atoms with Gasteiger partial charge in [0.1, 0.15) is 0 Å². The molecule has 3 N–H and O–H groups in total. The van der Waals surface area contributed by atoms with Crippen LogP contribution in [0.25, 0.3) is 0 Å². The summed E-state index contributed by atoms with van der Waals surface area (Å²) in [5, 5.41) is 2.96. The Morgan fingerprint density at radius 3 is 2.35 bits per heavy atom. The molecule has 0 radical (unpaired) electrons. The van der Waals surface area contributed by atoms with Crippen molar-refractivity contribution in [2.75, 3.05) is 42.9 Å². The van der Waals surface area contributed by atoms with E-state index >= 15 is 0 Å². The molecule has 2 aliphatic rings. The maximum Gasteiger partial charge on any atom is 0.238 e. The summed E-state index contributed by atoms with van der Waals surface area (Å²) in [4.78, 5) is 28.1. The van der Waals surface area contributed by atoms with Gasteiger partial charge in [-0.15, -0.1) is 0 Å². The fourth-order valence-electron chi connectivity index (χ4n) is 3.92. The van der Waals surface area contributed by atoms with E-state index < -0.39 is 0 Å². The number of benzene rings is 1. The number of likely N-dealkylation sites (tertiary alicyclic amines) is 1. The first-order valence-electron chi connectivity index (χ1n) is 9.78. The second-order valence-electron chi connectivity index (χ2n) is 7.47. The summed E-state index contributed by atoms with van der Waals surface area (Å²) in [5.74, 6) is -0.443. The Kier molecular flexibility index (Phi) is 6.50. The third-order valence-electron chi connectivity index (χ3n) is 5.40. The monoisotopic (exact) mass is 358 g/mol. The molecule has 0 bridgehead atoms. The minimum absolute atomic E-state index is 0.0438. The zero-order chi connectivity index (χ0) is 18.4. The molecule has 2 heterocycles. The van der Waals surface area contributed by atoms with E-state index in [4.69, 9.17) is 5.73 Å². The van der Waals surface area contributed by atoms with Crippen molar-refractivity contribution in [1.29, 1.82) is 0 Å². The molecule has 0 spiro atoms. The fourth-order valence-corrected chi connectivity index (χ4v) is 3.92. The summed E-state index contributed by atoms with van der Waals surface area (Å²) >= 11 is 0. The molecule has 1 aromatic carbocycles. The smallest absolute Gasteiger partial charge is 0.238 e. The number of hydrogen-bond donors (Lipinski definition) is 2. The third kappa shape index (κ3) is 5.21. The molecule has 0 aromatic heterocycles. The summed E-state index contributed by atoms with van der Waals surface area (Å²) in [6.07, 6.45) is 6.87. The van der Waals surface area contributed by atoms with Crippen LogP contribution < -0.4 is 16.0 Å². The van der Waals surface area contributed by atoms with Crippen LogP contribution in [0, 0.1) is 5.92 Å². The standard InChI is InChI=1S/C20H30N4O2/c21-20(26)16-6-5-11-23(14-16)15-19(25)22-17-7-9-18(10-8-17)24-12-3-1-2-4-13-24/h7-10,16H,1-6,11-15H2,(H2,21,26)(H,22,25)/t16-/m1/s1. The average molecular weight is 358 g/mol. The van der Waals surface area contributed by atoms with E-state index in [9.17, 15) is 9.59 Å². The Bertz CT molecular complexity index is 609. The van der Waals surface area contributed by atoms with Gasteiger partial charge in [0, 0.05) is 31.0 Å². The Morgan fingerprint density at radius 2 is 1.69 bits per heavy atom. The number of anilines is 2. The Balaban J connectivity index is 1.50. The lowest BCUT2D eigenvalue weighted by Gasteiger charge is -2.30. The Morgan fingerprint density at radius 1 is 1.00 bits per heavy atom. The molecule has 1 aromatic rings. The summed E-state index contributed by atoms with van der Waals surface area (Å²) in [7, 11) is 0. The molecule has 1 atom stereocenters. The molecule has 0 aliphatic carbocycles. The lowest BCUT2D eigenvalue weighted by molar-refractivity contribution is -0.125. The van der Waals surface area contributed by atoms with Crippen molar-refractivity contribution in [3.8, 4) is 0 Å². The number of primary amides is 1. The number of rotatable bonds is 5. The second-order valence-corrected chi connectivity index (χ2v) is 7.47. The van der Waals surface area contributed by atoms with E-state index in [1.807, 2.05) is 17.0 Å². The number of piperidine rings is 1. The van der Waals surface area contributed by atoms with E-state index in [0.717, 1.165) is 38.2 Å². The SMILES string of the molecule is NC(=O)[C@@H]1CCCN(CC(=O)Nc2ccc(N3CCCCCC3)cc2)C1. The van der Waals surface area contributed by atoms with Gasteiger partial charge in [0.15, 0.2) is 0 Å². The first-order chi connectivity index (χ1) is 12.6. The van der Waals surface area contributed by atoms with Crippen LogP contribution in [-0.4, -0.2) is 49.4 Å². The van der Waals surface area contributed by atoms with Crippen LogP contribution in [0.1, 0.15) is 38.5 Å². The average Bonchev–Trinajstić information content (AvgIpc) is 2.92. The van der Waals surface area contributed by atoms with Gasteiger partial charge in [-0.05, 0) is 56.5 Å². The van der Waals surface area contributed by atoms with E-state index in [1.165, 1.54) is 31.4 Å². The van der Waals surface area contributed by atoms with Crippen molar-refractivity contribution in [2.24, 2.45) is 11.7 Å². The van der Waals surface area contributed by atoms with Gasteiger partial charge in [-0.1, -0.05) is 12.8 Å². The van der Waals surface area contributed by atoms with E-state index in [2.05, 4.69) is 22.3 Å². The molecule has 26 heavy (non-hydrogen) atoms. The lowest BCUT2D eigenvalue weighted by Crippen LogP contribution is -2.44. The highest BCUT2D eigenvalue weighted by Crippen LogP contribution is 2.22. The van der Waals surface area contributed by atoms with Gasteiger partial charge < -0.3 is 16.0 Å².